The van der Waals surface area contributed by atoms with E-state index in [4.69, 9.17) is 20.9 Å². The summed E-state index contributed by atoms with van der Waals surface area (Å²) in [4.78, 5) is 32.6. The molecule has 3 aromatic rings. The fraction of sp³-hybridized carbons (Fsp3) is 0.304. The average Bonchev–Trinajstić information content (AvgIpc) is 3.31. The molecule has 0 bridgehead atoms. The van der Waals surface area contributed by atoms with Gasteiger partial charge < -0.3 is 19.1 Å². The second-order valence-electron chi connectivity index (χ2n) is 7.39. The van der Waals surface area contributed by atoms with Gasteiger partial charge in [0.25, 0.3) is 5.91 Å². The lowest BCUT2D eigenvalue weighted by Crippen LogP contribution is -2.49. The Morgan fingerprint density at radius 3 is 2.56 bits per heavy atom. The van der Waals surface area contributed by atoms with Gasteiger partial charge >= 0.3 is 5.97 Å². The number of aryl methyl sites for hydroxylation is 1. The first-order valence-electron chi connectivity index (χ1n) is 10.4. The Labute approximate surface area is 190 Å². The van der Waals surface area contributed by atoms with Crippen LogP contribution in [0, 0.1) is 0 Å². The molecule has 0 spiro atoms. The van der Waals surface area contributed by atoms with Crippen molar-refractivity contribution in [1.82, 2.24) is 15.0 Å². The number of carbonyl (C=O) groups is 2. The summed E-state index contributed by atoms with van der Waals surface area (Å²) in [6.07, 6.45) is 0.317. The van der Waals surface area contributed by atoms with Crippen molar-refractivity contribution in [1.29, 1.82) is 0 Å². The van der Waals surface area contributed by atoms with E-state index in [9.17, 15) is 9.59 Å². The first-order chi connectivity index (χ1) is 15.6. The molecule has 2 heterocycles. The summed E-state index contributed by atoms with van der Waals surface area (Å²) in [5, 5.41) is 4.61. The van der Waals surface area contributed by atoms with Gasteiger partial charge in [0.15, 0.2) is 6.61 Å². The van der Waals surface area contributed by atoms with Gasteiger partial charge in [-0.05, 0) is 18.2 Å². The molecule has 0 aliphatic carbocycles. The number of hydrogen-bond acceptors (Lipinski definition) is 7. The van der Waals surface area contributed by atoms with E-state index in [0.717, 1.165) is 11.3 Å². The zero-order valence-electron chi connectivity index (χ0n) is 17.4. The summed E-state index contributed by atoms with van der Waals surface area (Å²) in [5.74, 6) is 0.147. The van der Waals surface area contributed by atoms with Crippen molar-refractivity contribution in [2.75, 3.05) is 37.7 Å². The number of halogens is 1. The molecule has 9 heteroatoms. The molecule has 0 atom stereocenters. The Hall–Kier alpha value is -3.39. The molecule has 2 aromatic carbocycles. The molecule has 1 aliphatic rings. The van der Waals surface area contributed by atoms with Crippen molar-refractivity contribution in [2.24, 2.45) is 0 Å². The van der Waals surface area contributed by atoms with Crippen molar-refractivity contribution >= 4 is 29.2 Å². The number of hydrogen-bond donors (Lipinski definition) is 0. The van der Waals surface area contributed by atoms with Crippen LogP contribution in [-0.2, 0) is 20.7 Å². The minimum atomic E-state index is -0.477. The number of ether oxygens (including phenoxy) is 1. The molecule has 1 fully saturated rings. The largest absolute Gasteiger partial charge is 0.456 e. The first kappa shape index (κ1) is 21.8. The second-order valence-corrected chi connectivity index (χ2v) is 7.82. The summed E-state index contributed by atoms with van der Waals surface area (Å²) >= 11 is 6.06. The van der Waals surface area contributed by atoms with Crippen molar-refractivity contribution in [3.63, 3.8) is 0 Å². The van der Waals surface area contributed by atoms with E-state index in [1.165, 1.54) is 0 Å². The lowest BCUT2D eigenvalue weighted by Gasteiger charge is -2.36. The van der Waals surface area contributed by atoms with E-state index in [2.05, 4.69) is 15.0 Å². The zero-order valence-corrected chi connectivity index (χ0v) is 18.2. The fourth-order valence-corrected chi connectivity index (χ4v) is 3.65. The molecule has 166 valence electrons. The molecule has 8 nitrogen and oxygen atoms in total. The number of nitrogens with zero attached hydrogens (tertiary/aromatic N) is 4. The maximum absolute atomic E-state index is 12.4. The number of carbonyl (C=O) groups excluding carboxylic acids is 2. The van der Waals surface area contributed by atoms with E-state index in [1.807, 2.05) is 54.6 Å². The standard InChI is InChI=1S/C23H23ClN4O4/c24-18-7-4-8-19(15-18)27-11-13-28(14-12-27)21(29)16-31-22(30)10-9-20-25-23(26-32-20)17-5-2-1-3-6-17/h1-8,15H,9-14,16H2. The van der Waals surface area contributed by atoms with Crippen LogP contribution in [0.3, 0.4) is 0 Å². The molecule has 4 rings (SSSR count). The summed E-state index contributed by atoms with van der Waals surface area (Å²) < 4.78 is 10.3. The van der Waals surface area contributed by atoms with E-state index in [0.29, 0.717) is 42.9 Å². The number of anilines is 1. The summed E-state index contributed by atoms with van der Waals surface area (Å²) in [6.45, 7) is 2.25. The van der Waals surface area contributed by atoms with E-state index >= 15 is 0 Å². The SMILES string of the molecule is O=C(CCc1nc(-c2ccccc2)no1)OCC(=O)N1CCN(c2cccc(Cl)c2)CC1. The van der Waals surface area contributed by atoms with E-state index < -0.39 is 5.97 Å². The molecule has 1 amide bonds. The molecule has 32 heavy (non-hydrogen) atoms. The third-order valence-electron chi connectivity index (χ3n) is 5.21. The number of benzene rings is 2. The minimum Gasteiger partial charge on any atom is -0.456 e. The summed E-state index contributed by atoms with van der Waals surface area (Å²) in [7, 11) is 0. The van der Waals surface area contributed by atoms with Gasteiger partial charge in [0.2, 0.25) is 11.7 Å². The van der Waals surface area contributed by atoms with Gasteiger partial charge in [-0.25, -0.2) is 0 Å². The van der Waals surface area contributed by atoms with Crippen LogP contribution >= 0.6 is 11.6 Å². The van der Waals surface area contributed by atoms with E-state index in [1.54, 1.807) is 4.90 Å². The van der Waals surface area contributed by atoms with Gasteiger partial charge in [-0.15, -0.1) is 0 Å². The van der Waals surface area contributed by atoms with Crippen LogP contribution in [0.15, 0.2) is 59.1 Å². The van der Waals surface area contributed by atoms with Crippen LogP contribution in [0.5, 0.6) is 0 Å². The van der Waals surface area contributed by atoms with Gasteiger partial charge in [0.1, 0.15) is 0 Å². The number of rotatable bonds is 7. The van der Waals surface area contributed by atoms with Crippen LogP contribution < -0.4 is 4.90 Å². The van der Waals surface area contributed by atoms with Gasteiger partial charge in [-0.1, -0.05) is 53.2 Å². The molecule has 0 radical (unpaired) electrons. The third-order valence-corrected chi connectivity index (χ3v) is 5.44. The number of amides is 1. The normalized spacial score (nSPS) is 13.8. The molecule has 1 aliphatic heterocycles. The molecular formula is C23H23ClN4O4. The Balaban J connectivity index is 1.18. The predicted molar refractivity (Wildman–Crippen MR) is 119 cm³/mol. The Bertz CT molecular complexity index is 1060. The summed E-state index contributed by atoms with van der Waals surface area (Å²) in [5.41, 5.74) is 1.87. The Morgan fingerprint density at radius 1 is 1.03 bits per heavy atom. The molecule has 0 N–H and O–H groups in total. The van der Waals surface area contributed by atoms with Gasteiger partial charge in [-0.3, -0.25) is 9.59 Å². The fourth-order valence-electron chi connectivity index (χ4n) is 3.46. The first-order valence-corrected chi connectivity index (χ1v) is 10.8. The van der Waals surface area contributed by atoms with Crippen LogP contribution in [0.4, 0.5) is 5.69 Å². The Morgan fingerprint density at radius 2 is 1.81 bits per heavy atom. The third kappa shape index (κ3) is 5.64. The lowest BCUT2D eigenvalue weighted by atomic mass is 10.2. The highest BCUT2D eigenvalue weighted by Gasteiger charge is 2.22. The number of esters is 1. The Kier molecular flexibility index (Phi) is 7.01. The lowest BCUT2D eigenvalue weighted by molar-refractivity contribution is -0.152. The highest BCUT2D eigenvalue weighted by Crippen LogP contribution is 2.21. The molecule has 1 aromatic heterocycles. The summed E-state index contributed by atoms with van der Waals surface area (Å²) in [6, 6.07) is 17.1. The van der Waals surface area contributed by atoms with Crippen LogP contribution in [0.2, 0.25) is 5.02 Å². The topological polar surface area (TPSA) is 88.8 Å². The quantitative estimate of drug-likeness (QED) is 0.506. The van der Waals surface area contributed by atoms with Crippen LogP contribution in [0.1, 0.15) is 12.3 Å². The van der Waals surface area contributed by atoms with Crippen molar-refractivity contribution in [2.45, 2.75) is 12.8 Å². The minimum absolute atomic E-state index is 0.0618. The maximum Gasteiger partial charge on any atom is 0.306 e. The maximum atomic E-state index is 12.4. The van der Waals surface area contributed by atoms with Gasteiger partial charge in [0.05, 0.1) is 6.42 Å². The molecular weight excluding hydrogens is 432 g/mol. The zero-order chi connectivity index (χ0) is 22.3. The molecule has 0 unspecified atom stereocenters. The van der Waals surface area contributed by atoms with Gasteiger partial charge in [0, 0.05) is 48.9 Å². The highest BCUT2D eigenvalue weighted by molar-refractivity contribution is 6.30. The van der Waals surface area contributed by atoms with Crippen LogP contribution in [-0.4, -0.2) is 59.7 Å². The van der Waals surface area contributed by atoms with Gasteiger partial charge in [-0.2, -0.15) is 4.98 Å². The monoisotopic (exact) mass is 454 g/mol. The number of aromatic nitrogens is 2. The van der Waals surface area contributed by atoms with E-state index in [-0.39, 0.29) is 25.4 Å². The van der Waals surface area contributed by atoms with Crippen molar-refractivity contribution in [3.05, 3.63) is 65.5 Å². The average molecular weight is 455 g/mol. The smallest absolute Gasteiger partial charge is 0.306 e. The highest BCUT2D eigenvalue weighted by atomic mass is 35.5. The van der Waals surface area contributed by atoms with Crippen molar-refractivity contribution in [3.8, 4) is 11.4 Å². The number of piperazine rings is 1. The van der Waals surface area contributed by atoms with Crippen molar-refractivity contribution < 1.29 is 18.8 Å². The second kappa shape index (κ2) is 10.3. The predicted octanol–water partition coefficient (Wildman–Crippen LogP) is 3.21. The molecule has 1 saturated heterocycles. The molecule has 0 saturated carbocycles. The van der Waals surface area contributed by atoms with Crippen LogP contribution in [0.25, 0.3) is 11.4 Å².